The van der Waals surface area contributed by atoms with E-state index in [0.29, 0.717) is 12.7 Å². The Labute approximate surface area is 264 Å². The molecular formula is C34H27F6N3O4. The van der Waals surface area contributed by atoms with Crippen molar-refractivity contribution in [2.45, 2.75) is 39.3 Å². The van der Waals surface area contributed by atoms with Gasteiger partial charge in [-0.25, -0.2) is 41.1 Å². The monoisotopic (exact) mass is 655 g/mol. The molecule has 1 fully saturated rings. The van der Waals surface area contributed by atoms with Crippen LogP contribution in [0.5, 0.6) is 5.88 Å². The fourth-order valence-electron chi connectivity index (χ4n) is 5.68. The first-order valence-electron chi connectivity index (χ1n) is 14.5. The van der Waals surface area contributed by atoms with Gasteiger partial charge in [-0.05, 0) is 42.0 Å². The van der Waals surface area contributed by atoms with Crippen LogP contribution in [0.15, 0.2) is 60.7 Å². The normalized spacial score (nSPS) is 15.9. The number of aromatic nitrogens is 3. The Hall–Kier alpha value is -4.91. The minimum Gasteiger partial charge on any atom is -0.478 e. The van der Waals surface area contributed by atoms with E-state index in [1.165, 1.54) is 30.3 Å². The lowest BCUT2D eigenvalue weighted by atomic mass is 9.87. The van der Waals surface area contributed by atoms with Crippen LogP contribution in [0.1, 0.15) is 59.2 Å². The molecule has 1 aliphatic heterocycles. The predicted molar refractivity (Wildman–Crippen MR) is 158 cm³/mol. The van der Waals surface area contributed by atoms with Gasteiger partial charge in [0.05, 0.1) is 36.0 Å². The van der Waals surface area contributed by atoms with Gasteiger partial charge in [-0.15, -0.1) is 0 Å². The molecule has 1 aliphatic rings. The fourth-order valence-corrected chi connectivity index (χ4v) is 5.68. The Balaban J connectivity index is 1.31. The number of pyridine rings is 1. The van der Waals surface area contributed by atoms with Crippen LogP contribution in [-0.2, 0) is 17.8 Å². The quantitative estimate of drug-likeness (QED) is 0.162. The number of carboxylic acids is 1. The summed E-state index contributed by atoms with van der Waals surface area (Å²) < 4.78 is 99.0. The highest BCUT2D eigenvalue weighted by Gasteiger charge is 2.39. The van der Waals surface area contributed by atoms with Crippen molar-refractivity contribution < 1.29 is 45.7 Å². The molecule has 0 spiro atoms. The van der Waals surface area contributed by atoms with E-state index < -0.39 is 52.7 Å². The summed E-state index contributed by atoms with van der Waals surface area (Å²) in [6.07, 6.45) is -3.08. The molecule has 7 nitrogen and oxygen atoms in total. The number of hydrogen-bond acceptors (Lipinski definition) is 5. The van der Waals surface area contributed by atoms with Crippen molar-refractivity contribution in [2.75, 3.05) is 13.2 Å². The lowest BCUT2D eigenvalue weighted by Crippen LogP contribution is -2.27. The minimum absolute atomic E-state index is 0.000761. The van der Waals surface area contributed by atoms with Gasteiger partial charge in [0.25, 0.3) is 6.43 Å². The molecule has 3 aromatic carbocycles. The van der Waals surface area contributed by atoms with E-state index in [0.717, 1.165) is 24.3 Å². The van der Waals surface area contributed by atoms with Gasteiger partial charge in [-0.1, -0.05) is 32.0 Å². The number of carbonyl (C=O) groups is 1. The summed E-state index contributed by atoms with van der Waals surface area (Å²) >= 11 is 0. The number of carboxylic acid groups (broad SMARTS) is 1. The van der Waals surface area contributed by atoms with Crippen molar-refractivity contribution >= 4 is 17.0 Å². The predicted octanol–water partition coefficient (Wildman–Crippen LogP) is 8.06. The average Bonchev–Trinajstić information content (AvgIpc) is 3.56. The van der Waals surface area contributed by atoms with Crippen LogP contribution in [0, 0.1) is 28.7 Å². The summed E-state index contributed by atoms with van der Waals surface area (Å²) in [4.78, 5) is 20.3. The number of rotatable bonds is 9. The highest BCUT2D eigenvalue weighted by molar-refractivity contribution is 5.93. The van der Waals surface area contributed by atoms with E-state index in [4.69, 9.17) is 9.47 Å². The van der Waals surface area contributed by atoms with Crippen molar-refractivity contribution in [3.05, 3.63) is 112 Å². The Morgan fingerprint density at radius 3 is 2.43 bits per heavy atom. The second-order valence-corrected chi connectivity index (χ2v) is 12.0. The number of ether oxygens (including phenoxy) is 2. The van der Waals surface area contributed by atoms with Gasteiger partial charge in [-0.2, -0.15) is 0 Å². The highest BCUT2D eigenvalue weighted by atomic mass is 19.3. The third-order valence-corrected chi connectivity index (χ3v) is 8.22. The van der Waals surface area contributed by atoms with Gasteiger partial charge < -0.3 is 19.1 Å². The number of alkyl halides is 2. The van der Waals surface area contributed by atoms with Crippen LogP contribution in [0.25, 0.3) is 22.3 Å². The second kappa shape index (κ2) is 12.4. The Morgan fingerprint density at radius 2 is 1.74 bits per heavy atom. The summed E-state index contributed by atoms with van der Waals surface area (Å²) in [7, 11) is 0. The molecule has 6 rings (SSSR count). The summed E-state index contributed by atoms with van der Waals surface area (Å²) in [6.45, 7) is 4.09. The van der Waals surface area contributed by atoms with Crippen molar-refractivity contribution in [1.82, 2.24) is 14.5 Å². The van der Waals surface area contributed by atoms with Crippen LogP contribution >= 0.6 is 0 Å². The van der Waals surface area contributed by atoms with Crippen LogP contribution < -0.4 is 4.74 Å². The van der Waals surface area contributed by atoms with E-state index in [9.17, 15) is 23.1 Å². The third-order valence-electron chi connectivity index (χ3n) is 8.22. The number of aromatic carboxylic acids is 1. The van der Waals surface area contributed by atoms with Crippen molar-refractivity contribution in [1.29, 1.82) is 0 Å². The number of fused-ring (bicyclic) bond motifs is 1. The molecule has 244 valence electrons. The van der Waals surface area contributed by atoms with E-state index in [1.807, 2.05) is 13.8 Å². The largest absolute Gasteiger partial charge is 0.478 e. The van der Waals surface area contributed by atoms with Crippen LogP contribution in [-0.4, -0.2) is 38.8 Å². The first kappa shape index (κ1) is 32.0. The average molecular weight is 656 g/mol. The maximum atomic E-state index is 15.6. The molecule has 1 N–H and O–H groups in total. The van der Waals surface area contributed by atoms with Crippen LogP contribution in [0.3, 0.4) is 0 Å². The number of hydrogen-bond donors (Lipinski definition) is 1. The van der Waals surface area contributed by atoms with Crippen molar-refractivity contribution in [3.63, 3.8) is 0 Å². The number of benzene rings is 3. The van der Waals surface area contributed by atoms with E-state index in [1.54, 1.807) is 4.57 Å². The number of nitrogens with zero attached hydrogens (tertiary/aromatic N) is 3. The second-order valence-electron chi connectivity index (χ2n) is 12.0. The molecule has 1 atom stereocenters. The first-order valence-corrected chi connectivity index (χ1v) is 14.5. The lowest BCUT2D eigenvalue weighted by Gasteiger charge is -2.28. The SMILES string of the molecule is CC1(C)COC[C@@H]1n1c(Cc2cc(F)c(-c3cccc(OCc4ccc(C(F)F)cc4F)n3)cc2F)nc2c(F)cc(C(=O)O)cc21. The maximum Gasteiger partial charge on any atom is 0.335 e. The molecule has 0 amide bonds. The Kier molecular flexibility index (Phi) is 8.43. The molecular weight excluding hydrogens is 628 g/mol. The Morgan fingerprint density at radius 1 is 0.979 bits per heavy atom. The molecule has 0 aliphatic carbocycles. The maximum absolute atomic E-state index is 15.6. The third kappa shape index (κ3) is 6.27. The molecule has 3 heterocycles. The zero-order chi connectivity index (χ0) is 33.6. The number of imidazole rings is 1. The zero-order valence-corrected chi connectivity index (χ0v) is 25.0. The van der Waals surface area contributed by atoms with Crippen LogP contribution in [0.2, 0.25) is 0 Å². The standard InChI is InChI=1S/C34H27F6N3O4/c1-34(2)16-46-15-28(34)43-27-11-20(33(44)45)10-25(38)31(27)42-29(43)12-19-9-24(37)21(13-23(19)36)26-4-3-5-30(41-26)47-14-18-7-6-17(32(39)40)8-22(18)35/h3-11,13,28,32H,12,14-16H2,1-2H3,(H,44,45)/t28-/m0/s1. The van der Waals surface area contributed by atoms with Gasteiger partial charge in [0, 0.05) is 34.6 Å². The molecule has 2 aromatic heterocycles. The van der Waals surface area contributed by atoms with Gasteiger partial charge in [0.15, 0.2) is 5.82 Å². The Bertz CT molecular complexity index is 2010. The van der Waals surface area contributed by atoms with Gasteiger partial charge in [0.2, 0.25) is 5.88 Å². The molecule has 0 unspecified atom stereocenters. The zero-order valence-electron chi connectivity index (χ0n) is 25.0. The number of halogens is 6. The van der Waals surface area contributed by atoms with E-state index in [2.05, 4.69) is 9.97 Å². The summed E-state index contributed by atoms with van der Waals surface area (Å²) in [5, 5.41) is 9.53. The smallest absolute Gasteiger partial charge is 0.335 e. The van der Waals surface area contributed by atoms with Crippen molar-refractivity contribution in [2.24, 2.45) is 5.41 Å². The van der Waals surface area contributed by atoms with Crippen molar-refractivity contribution in [3.8, 4) is 17.1 Å². The molecule has 1 saturated heterocycles. The molecule has 0 saturated carbocycles. The van der Waals surface area contributed by atoms with E-state index >= 15 is 13.2 Å². The molecule has 47 heavy (non-hydrogen) atoms. The molecule has 5 aromatic rings. The van der Waals surface area contributed by atoms with Gasteiger partial charge in [0.1, 0.15) is 35.4 Å². The van der Waals surface area contributed by atoms with Gasteiger partial charge >= 0.3 is 5.97 Å². The molecule has 13 heteroatoms. The fraction of sp³-hybridized carbons (Fsp3) is 0.265. The summed E-state index contributed by atoms with van der Waals surface area (Å²) in [5.74, 6) is -4.55. The lowest BCUT2D eigenvalue weighted by molar-refractivity contribution is 0.0696. The molecule has 0 radical (unpaired) electrons. The highest BCUT2D eigenvalue weighted by Crippen LogP contribution is 2.41. The summed E-state index contributed by atoms with van der Waals surface area (Å²) in [5.41, 5.74) is -1.39. The first-order chi connectivity index (χ1) is 22.3. The topological polar surface area (TPSA) is 86.5 Å². The van der Waals surface area contributed by atoms with Gasteiger partial charge in [-0.3, -0.25) is 0 Å². The molecule has 0 bridgehead atoms. The summed E-state index contributed by atoms with van der Waals surface area (Å²) in [6, 6.07) is 11.0. The van der Waals surface area contributed by atoms with E-state index in [-0.39, 0.29) is 70.3 Å². The van der Waals surface area contributed by atoms with Crippen LogP contribution in [0.4, 0.5) is 26.3 Å². The minimum atomic E-state index is -2.83.